The predicted molar refractivity (Wildman–Crippen MR) is 63.6 cm³/mol. The molecule has 0 atom stereocenters. The molecule has 1 aromatic carbocycles. The Labute approximate surface area is 97.6 Å². The molecule has 2 heterocycles. The predicted octanol–water partition coefficient (Wildman–Crippen LogP) is 2.87. The molecule has 0 fully saturated rings. The van der Waals surface area contributed by atoms with E-state index in [0.29, 0.717) is 0 Å². The zero-order valence-corrected chi connectivity index (χ0v) is 9.26. The van der Waals surface area contributed by atoms with Crippen LogP contribution >= 0.6 is 0 Å². The van der Waals surface area contributed by atoms with E-state index in [9.17, 15) is 4.39 Å². The van der Waals surface area contributed by atoms with Gasteiger partial charge in [0.25, 0.3) is 0 Å². The van der Waals surface area contributed by atoms with E-state index in [1.165, 1.54) is 12.1 Å². The fourth-order valence-corrected chi connectivity index (χ4v) is 1.92. The standard InChI is InChI=1S/C13H10FN3/c1-9-16-12-3-2-8-15-13(12)17(9)11-6-4-10(14)5-7-11/h2-8H,1H3. The van der Waals surface area contributed by atoms with E-state index < -0.39 is 0 Å². The van der Waals surface area contributed by atoms with Gasteiger partial charge in [0.15, 0.2) is 5.65 Å². The van der Waals surface area contributed by atoms with E-state index >= 15 is 0 Å². The highest BCUT2D eigenvalue weighted by atomic mass is 19.1. The van der Waals surface area contributed by atoms with Crippen molar-refractivity contribution in [3.05, 3.63) is 54.2 Å². The number of benzene rings is 1. The number of rotatable bonds is 1. The summed E-state index contributed by atoms with van der Waals surface area (Å²) in [6.45, 7) is 1.91. The van der Waals surface area contributed by atoms with Crippen LogP contribution in [0.25, 0.3) is 16.9 Å². The summed E-state index contributed by atoms with van der Waals surface area (Å²) in [5.74, 6) is 0.592. The first kappa shape index (κ1) is 9.96. The van der Waals surface area contributed by atoms with Gasteiger partial charge >= 0.3 is 0 Å². The number of aryl methyl sites for hydroxylation is 1. The number of imidazole rings is 1. The summed E-state index contributed by atoms with van der Waals surface area (Å²) in [5.41, 5.74) is 2.50. The Bertz CT molecular complexity index is 671. The Morgan fingerprint density at radius 1 is 1.12 bits per heavy atom. The first-order chi connectivity index (χ1) is 8.25. The van der Waals surface area contributed by atoms with E-state index in [2.05, 4.69) is 9.97 Å². The topological polar surface area (TPSA) is 30.7 Å². The molecule has 4 heteroatoms. The summed E-state index contributed by atoms with van der Waals surface area (Å²) in [6.07, 6.45) is 1.73. The minimum atomic E-state index is -0.246. The van der Waals surface area contributed by atoms with Crippen molar-refractivity contribution in [1.29, 1.82) is 0 Å². The normalized spacial score (nSPS) is 10.9. The van der Waals surface area contributed by atoms with Crippen LogP contribution in [0.3, 0.4) is 0 Å². The van der Waals surface area contributed by atoms with E-state index in [1.807, 2.05) is 23.6 Å². The van der Waals surface area contributed by atoms with E-state index in [1.54, 1.807) is 18.3 Å². The second kappa shape index (κ2) is 3.66. The van der Waals surface area contributed by atoms with E-state index in [4.69, 9.17) is 0 Å². The molecule has 17 heavy (non-hydrogen) atoms. The van der Waals surface area contributed by atoms with Crippen LogP contribution < -0.4 is 0 Å². The third-order valence-corrected chi connectivity index (χ3v) is 2.67. The number of aromatic nitrogens is 3. The molecule has 2 aromatic heterocycles. The van der Waals surface area contributed by atoms with Gasteiger partial charge in [0, 0.05) is 11.9 Å². The molecule has 3 aromatic rings. The molecule has 0 saturated carbocycles. The lowest BCUT2D eigenvalue weighted by Gasteiger charge is -2.05. The van der Waals surface area contributed by atoms with Gasteiger partial charge in [-0.05, 0) is 43.3 Å². The number of fused-ring (bicyclic) bond motifs is 1. The average Bonchev–Trinajstić information content (AvgIpc) is 2.66. The van der Waals surface area contributed by atoms with Crippen LogP contribution in [0.1, 0.15) is 5.82 Å². The Balaban J connectivity index is 2.29. The van der Waals surface area contributed by atoms with E-state index in [0.717, 1.165) is 22.7 Å². The minimum absolute atomic E-state index is 0.246. The lowest BCUT2D eigenvalue weighted by atomic mass is 10.3. The second-order valence-corrected chi connectivity index (χ2v) is 3.82. The van der Waals surface area contributed by atoms with Gasteiger partial charge in [-0.15, -0.1) is 0 Å². The fraction of sp³-hybridized carbons (Fsp3) is 0.0769. The Hall–Kier alpha value is -2.23. The summed E-state index contributed by atoms with van der Waals surface area (Å²) in [7, 11) is 0. The van der Waals surface area contributed by atoms with Crippen LogP contribution in [0.2, 0.25) is 0 Å². The van der Waals surface area contributed by atoms with Gasteiger partial charge in [-0.3, -0.25) is 4.57 Å². The summed E-state index contributed by atoms with van der Waals surface area (Å²) in [6, 6.07) is 10.1. The number of hydrogen-bond acceptors (Lipinski definition) is 2. The summed E-state index contributed by atoms with van der Waals surface area (Å²) < 4.78 is 14.8. The van der Waals surface area contributed by atoms with Crippen molar-refractivity contribution >= 4 is 11.2 Å². The zero-order chi connectivity index (χ0) is 11.8. The number of pyridine rings is 1. The molecule has 0 aliphatic heterocycles. The molecule has 0 spiro atoms. The Morgan fingerprint density at radius 2 is 1.88 bits per heavy atom. The smallest absolute Gasteiger partial charge is 0.164 e. The molecule has 3 rings (SSSR count). The molecule has 0 bridgehead atoms. The molecule has 0 unspecified atom stereocenters. The average molecular weight is 227 g/mol. The molecule has 0 amide bonds. The van der Waals surface area contributed by atoms with Crippen LogP contribution in [0, 0.1) is 12.7 Å². The van der Waals surface area contributed by atoms with Gasteiger partial charge in [-0.1, -0.05) is 0 Å². The highest BCUT2D eigenvalue weighted by Gasteiger charge is 2.09. The van der Waals surface area contributed by atoms with Crippen LogP contribution in [-0.4, -0.2) is 14.5 Å². The largest absolute Gasteiger partial charge is 0.281 e. The first-order valence-electron chi connectivity index (χ1n) is 5.32. The molecule has 0 aliphatic rings. The molecular formula is C13H10FN3. The fourth-order valence-electron chi connectivity index (χ4n) is 1.92. The molecular weight excluding hydrogens is 217 g/mol. The van der Waals surface area contributed by atoms with Gasteiger partial charge in [0.2, 0.25) is 0 Å². The van der Waals surface area contributed by atoms with Crippen molar-refractivity contribution in [2.24, 2.45) is 0 Å². The van der Waals surface area contributed by atoms with Crippen molar-refractivity contribution in [1.82, 2.24) is 14.5 Å². The third-order valence-electron chi connectivity index (χ3n) is 2.67. The Kier molecular flexibility index (Phi) is 2.14. The molecule has 0 saturated heterocycles. The van der Waals surface area contributed by atoms with Gasteiger partial charge < -0.3 is 0 Å². The maximum atomic E-state index is 12.9. The Morgan fingerprint density at radius 3 is 2.65 bits per heavy atom. The maximum Gasteiger partial charge on any atom is 0.164 e. The molecule has 0 N–H and O–H groups in total. The van der Waals surface area contributed by atoms with Crippen LogP contribution in [-0.2, 0) is 0 Å². The summed E-state index contributed by atoms with van der Waals surface area (Å²) >= 11 is 0. The van der Waals surface area contributed by atoms with Crippen LogP contribution in [0.5, 0.6) is 0 Å². The third kappa shape index (κ3) is 1.58. The van der Waals surface area contributed by atoms with E-state index in [-0.39, 0.29) is 5.82 Å². The number of nitrogens with zero attached hydrogens (tertiary/aromatic N) is 3. The first-order valence-corrected chi connectivity index (χ1v) is 5.32. The lowest BCUT2D eigenvalue weighted by Crippen LogP contribution is -1.97. The lowest BCUT2D eigenvalue weighted by molar-refractivity contribution is 0.627. The van der Waals surface area contributed by atoms with Crippen molar-refractivity contribution in [3.63, 3.8) is 0 Å². The monoisotopic (exact) mass is 227 g/mol. The quantitative estimate of drug-likeness (QED) is 0.640. The minimum Gasteiger partial charge on any atom is -0.281 e. The highest BCUT2D eigenvalue weighted by molar-refractivity contribution is 5.73. The summed E-state index contributed by atoms with van der Waals surface area (Å²) in [5, 5.41) is 0. The molecule has 0 aliphatic carbocycles. The van der Waals surface area contributed by atoms with Gasteiger partial charge in [-0.2, -0.15) is 0 Å². The van der Waals surface area contributed by atoms with Crippen LogP contribution in [0.4, 0.5) is 4.39 Å². The highest BCUT2D eigenvalue weighted by Crippen LogP contribution is 2.19. The van der Waals surface area contributed by atoms with Crippen molar-refractivity contribution in [2.45, 2.75) is 6.92 Å². The number of halogens is 1. The van der Waals surface area contributed by atoms with Gasteiger partial charge in [0.1, 0.15) is 17.2 Å². The van der Waals surface area contributed by atoms with Gasteiger partial charge in [0.05, 0.1) is 0 Å². The second-order valence-electron chi connectivity index (χ2n) is 3.82. The molecule has 0 radical (unpaired) electrons. The SMILES string of the molecule is Cc1nc2cccnc2n1-c1ccc(F)cc1. The van der Waals surface area contributed by atoms with Crippen molar-refractivity contribution in [3.8, 4) is 5.69 Å². The van der Waals surface area contributed by atoms with Crippen molar-refractivity contribution in [2.75, 3.05) is 0 Å². The molecule has 84 valence electrons. The van der Waals surface area contributed by atoms with Crippen LogP contribution in [0.15, 0.2) is 42.6 Å². The molecule has 3 nitrogen and oxygen atoms in total. The van der Waals surface area contributed by atoms with Crippen molar-refractivity contribution < 1.29 is 4.39 Å². The number of hydrogen-bond donors (Lipinski definition) is 0. The summed E-state index contributed by atoms with van der Waals surface area (Å²) in [4.78, 5) is 8.73. The van der Waals surface area contributed by atoms with Gasteiger partial charge in [-0.25, -0.2) is 14.4 Å². The maximum absolute atomic E-state index is 12.9. The zero-order valence-electron chi connectivity index (χ0n) is 9.26.